The van der Waals surface area contributed by atoms with Gasteiger partial charge in [-0.05, 0) is 30.9 Å². The summed E-state index contributed by atoms with van der Waals surface area (Å²) in [6.07, 6.45) is 1.64. The van der Waals surface area contributed by atoms with Crippen molar-refractivity contribution in [3.8, 4) is 0 Å². The predicted molar refractivity (Wildman–Crippen MR) is 91.8 cm³/mol. The maximum atomic E-state index is 12.9. The van der Waals surface area contributed by atoms with Gasteiger partial charge in [-0.1, -0.05) is 18.2 Å². The number of rotatable bonds is 1. The van der Waals surface area contributed by atoms with Crippen LogP contribution in [0.5, 0.6) is 0 Å². The van der Waals surface area contributed by atoms with Gasteiger partial charge in [0, 0.05) is 17.3 Å². The quantitative estimate of drug-likeness (QED) is 0.709. The number of ether oxygens (including phenoxy) is 2. The van der Waals surface area contributed by atoms with Crippen LogP contribution in [0, 0.1) is 11.8 Å². The summed E-state index contributed by atoms with van der Waals surface area (Å²) in [6.45, 7) is 0.353. The molecule has 1 aromatic heterocycles. The van der Waals surface area contributed by atoms with Crippen LogP contribution >= 0.6 is 0 Å². The highest BCUT2D eigenvalue weighted by Crippen LogP contribution is 2.45. The third-order valence-electron chi connectivity index (χ3n) is 6.45. The molecular weight excluding hydrogens is 334 g/mol. The lowest BCUT2D eigenvalue weighted by Crippen LogP contribution is -2.64. The van der Waals surface area contributed by atoms with Gasteiger partial charge in [0.1, 0.15) is 24.3 Å². The molecule has 4 fully saturated rings. The van der Waals surface area contributed by atoms with Gasteiger partial charge in [0.15, 0.2) is 5.78 Å². The van der Waals surface area contributed by atoms with Crippen LogP contribution in [0.4, 0.5) is 0 Å². The lowest BCUT2D eigenvalue weighted by atomic mass is 9.77. The summed E-state index contributed by atoms with van der Waals surface area (Å²) in [5.74, 6) is 1.39. The lowest BCUT2D eigenvalue weighted by Gasteiger charge is -2.38. The molecule has 1 aromatic carbocycles. The molecule has 7 heteroatoms. The van der Waals surface area contributed by atoms with E-state index < -0.39 is 0 Å². The molecule has 2 aliphatic heterocycles. The number of carbonyl (C=O) groups excluding carboxylic acids is 1. The van der Waals surface area contributed by atoms with Crippen molar-refractivity contribution in [3.05, 3.63) is 36.1 Å². The molecule has 4 aliphatic rings. The Labute approximate surface area is 150 Å². The molecule has 3 N–H and O–H groups in total. The first-order valence-corrected chi connectivity index (χ1v) is 9.30. The van der Waals surface area contributed by atoms with Crippen LogP contribution in [0.3, 0.4) is 0 Å². The number of furan rings is 1. The van der Waals surface area contributed by atoms with Crippen molar-refractivity contribution >= 4 is 16.8 Å². The van der Waals surface area contributed by atoms with Crippen molar-refractivity contribution in [1.82, 2.24) is 16.2 Å². The minimum Gasteiger partial charge on any atom is -0.458 e. The average molecular weight is 355 g/mol. The van der Waals surface area contributed by atoms with E-state index in [1.54, 1.807) is 0 Å². The summed E-state index contributed by atoms with van der Waals surface area (Å²) < 4.78 is 17.4. The lowest BCUT2D eigenvalue weighted by molar-refractivity contribution is -0.125. The van der Waals surface area contributed by atoms with Gasteiger partial charge in [-0.25, -0.2) is 10.9 Å². The van der Waals surface area contributed by atoms with Crippen molar-refractivity contribution in [2.24, 2.45) is 11.8 Å². The molecule has 0 spiro atoms. The number of fused-ring (bicyclic) bond motifs is 5. The van der Waals surface area contributed by atoms with E-state index in [0.717, 1.165) is 29.6 Å². The third kappa shape index (κ3) is 2.15. The minimum atomic E-state index is -0.218. The molecule has 136 valence electrons. The van der Waals surface area contributed by atoms with Crippen molar-refractivity contribution < 1.29 is 18.7 Å². The van der Waals surface area contributed by atoms with Crippen LogP contribution in [0.25, 0.3) is 11.0 Å². The van der Waals surface area contributed by atoms with Gasteiger partial charge in [0.05, 0.1) is 18.2 Å². The molecule has 6 rings (SSSR count). The first kappa shape index (κ1) is 15.3. The van der Waals surface area contributed by atoms with E-state index in [0.29, 0.717) is 6.79 Å². The summed E-state index contributed by atoms with van der Waals surface area (Å²) in [5.41, 5.74) is 7.33. The van der Waals surface area contributed by atoms with Gasteiger partial charge in [0.25, 0.3) is 0 Å². The molecule has 0 radical (unpaired) electrons. The molecule has 7 atom stereocenters. The molecule has 2 aromatic rings. The number of hydrogen-bond acceptors (Lipinski definition) is 7. The number of nitrogens with one attached hydrogen (secondary N) is 3. The van der Waals surface area contributed by atoms with E-state index in [1.807, 2.05) is 30.3 Å². The van der Waals surface area contributed by atoms with Gasteiger partial charge >= 0.3 is 0 Å². The van der Waals surface area contributed by atoms with Crippen LogP contribution in [0.15, 0.2) is 34.7 Å². The summed E-state index contributed by atoms with van der Waals surface area (Å²) in [4.78, 5) is 12.9. The second kappa shape index (κ2) is 5.61. The molecule has 0 bridgehead atoms. The number of Topliss-reactive ketones (excluding diaryl/α,β-unsaturated/α-hetero) is 1. The Morgan fingerprint density at radius 2 is 1.88 bits per heavy atom. The predicted octanol–water partition coefficient (Wildman–Crippen LogP) is 1.22. The Balaban J connectivity index is 1.28. The summed E-state index contributed by atoms with van der Waals surface area (Å²) >= 11 is 0. The Kier molecular flexibility index (Phi) is 3.30. The summed E-state index contributed by atoms with van der Waals surface area (Å²) in [6, 6.07) is 9.86. The molecule has 7 nitrogen and oxygen atoms in total. The number of hydrogen-bond donors (Lipinski definition) is 3. The average Bonchev–Trinajstić information content (AvgIpc) is 3.37. The molecule has 2 aliphatic carbocycles. The molecular formula is C19H21N3O4. The molecule has 2 saturated heterocycles. The Hall–Kier alpha value is -1.77. The highest BCUT2D eigenvalue weighted by atomic mass is 16.7. The van der Waals surface area contributed by atoms with Crippen LogP contribution in [-0.4, -0.2) is 36.9 Å². The molecule has 0 amide bonds. The van der Waals surface area contributed by atoms with Crippen LogP contribution < -0.4 is 16.2 Å². The second-order valence-corrected chi connectivity index (χ2v) is 7.75. The normalized spacial score (nSPS) is 41.8. The first-order valence-electron chi connectivity index (χ1n) is 9.30. The Morgan fingerprint density at radius 3 is 2.77 bits per heavy atom. The fraction of sp³-hybridized carbons (Fsp3) is 0.526. The Morgan fingerprint density at radius 1 is 1.04 bits per heavy atom. The molecule has 7 unspecified atom stereocenters. The van der Waals surface area contributed by atoms with Crippen LogP contribution in [0.2, 0.25) is 0 Å². The minimum absolute atomic E-state index is 0.0316. The second-order valence-electron chi connectivity index (χ2n) is 7.75. The monoisotopic (exact) mass is 355 g/mol. The number of benzene rings is 1. The van der Waals surface area contributed by atoms with E-state index in [4.69, 9.17) is 13.9 Å². The highest BCUT2D eigenvalue weighted by Gasteiger charge is 2.57. The first-order chi connectivity index (χ1) is 12.8. The fourth-order valence-electron chi connectivity index (χ4n) is 5.19. The molecule has 2 saturated carbocycles. The number of ketones is 1. The van der Waals surface area contributed by atoms with Crippen molar-refractivity contribution in [2.75, 3.05) is 6.79 Å². The smallest absolute Gasteiger partial charge is 0.156 e. The summed E-state index contributed by atoms with van der Waals surface area (Å²) in [7, 11) is 0. The van der Waals surface area contributed by atoms with E-state index in [1.165, 1.54) is 0 Å². The topological polar surface area (TPSA) is 84.8 Å². The maximum absolute atomic E-state index is 12.9. The number of carbonyl (C=O) groups is 1. The zero-order valence-corrected chi connectivity index (χ0v) is 14.2. The van der Waals surface area contributed by atoms with E-state index in [2.05, 4.69) is 16.2 Å². The standard InChI is InChI=1S/C19H21N3O4/c23-18-11-7-14-13(24-8-25-14)6-10(11)16-17(18)21-22-19(20-16)15-5-9-3-1-2-4-12(9)26-15/h1-5,10-11,13-14,16-17,19-22H,6-8H2. The van der Waals surface area contributed by atoms with Gasteiger partial charge in [-0.3, -0.25) is 10.1 Å². The maximum Gasteiger partial charge on any atom is 0.156 e. The highest BCUT2D eigenvalue weighted by molar-refractivity contribution is 5.90. The van der Waals surface area contributed by atoms with Crippen LogP contribution in [0.1, 0.15) is 24.8 Å². The van der Waals surface area contributed by atoms with Gasteiger partial charge < -0.3 is 13.9 Å². The van der Waals surface area contributed by atoms with Gasteiger partial charge in [-0.15, -0.1) is 0 Å². The molecule has 26 heavy (non-hydrogen) atoms. The SMILES string of the molecule is O=C1C2CC3OCOC3CC2C2NC(c3cc4ccccc4o3)NNC12. The van der Waals surface area contributed by atoms with E-state index in [9.17, 15) is 4.79 Å². The number of hydrazine groups is 1. The van der Waals surface area contributed by atoms with E-state index in [-0.39, 0.29) is 48.1 Å². The van der Waals surface area contributed by atoms with Crippen molar-refractivity contribution in [1.29, 1.82) is 0 Å². The zero-order valence-electron chi connectivity index (χ0n) is 14.2. The van der Waals surface area contributed by atoms with Crippen molar-refractivity contribution in [3.63, 3.8) is 0 Å². The van der Waals surface area contributed by atoms with Crippen LogP contribution in [-0.2, 0) is 14.3 Å². The van der Waals surface area contributed by atoms with Crippen molar-refractivity contribution in [2.45, 2.75) is 43.3 Å². The van der Waals surface area contributed by atoms with Gasteiger partial charge in [-0.2, -0.15) is 0 Å². The number of para-hydroxylation sites is 1. The largest absolute Gasteiger partial charge is 0.458 e. The zero-order chi connectivity index (χ0) is 17.3. The Bertz CT molecular complexity index is 834. The summed E-state index contributed by atoms with van der Waals surface area (Å²) in [5, 5.41) is 4.69. The fourth-order valence-corrected chi connectivity index (χ4v) is 5.19. The van der Waals surface area contributed by atoms with E-state index >= 15 is 0 Å². The molecule has 3 heterocycles. The van der Waals surface area contributed by atoms with Gasteiger partial charge in [0.2, 0.25) is 0 Å². The third-order valence-corrected chi connectivity index (χ3v) is 6.45.